The molecule has 0 aliphatic rings. The molecule has 2 heteroatoms. The molecule has 1 unspecified atom stereocenters. The summed E-state index contributed by atoms with van der Waals surface area (Å²) in [7, 11) is 2.05. The van der Waals surface area contributed by atoms with Crippen molar-refractivity contribution in [2.45, 2.75) is 39.5 Å². The van der Waals surface area contributed by atoms with Gasteiger partial charge in [0, 0.05) is 6.54 Å². The number of thiophene rings is 1. The molecular weight excluding hydrogens is 202 g/mol. The van der Waals surface area contributed by atoms with Crippen LogP contribution in [0.1, 0.15) is 38.7 Å². The van der Waals surface area contributed by atoms with E-state index in [-0.39, 0.29) is 0 Å². The molecule has 15 heavy (non-hydrogen) atoms. The zero-order valence-corrected chi connectivity index (χ0v) is 11.0. The first-order valence-electron chi connectivity index (χ1n) is 5.86. The lowest BCUT2D eigenvalue weighted by molar-refractivity contribution is 0.262. The highest BCUT2D eigenvalue weighted by Crippen LogP contribution is 2.28. The summed E-state index contributed by atoms with van der Waals surface area (Å²) in [4.78, 5) is 0. The van der Waals surface area contributed by atoms with Gasteiger partial charge in [0.25, 0.3) is 0 Å². The molecule has 1 N–H and O–H groups in total. The predicted molar refractivity (Wildman–Crippen MR) is 69.6 cm³/mol. The maximum atomic E-state index is 3.33. The van der Waals surface area contributed by atoms with Crippen LogP contribution in [0, 0.1) is 5.41 Å². The fourth-order valence-electron chi connectivity index (χ4n) is 2.21. The summed E-state index contributed by atoms with van der Waals surface area (Å²) >= 11 is 1.80. The first-order chi connectivity index (χ1) is 7.20. The van der Waals surface area contributed by atoms with Crippen LogP contribution in [0.15, 0.2) is 16.8 Å². The molecule has 1 aromatic rings. The Morgan fingerprint density at radius 3 is 2.73 bits per heavy atom. The van der Waals surface area contributed by atoms with Gasteiger partial charge >= 0.3 is 0 Å². The molecule has 0 radical (unpaired) electrons. The molecule has 1 aromatic heterocycles. The van der Waals surface area contributed by atoms with E-state index in [1.165, 1.54) is 31.2 Å². The molecule has 1 nitrogen and oxygen atoms in total. The van der Waals surface area contributed by atoms with Crippen LogP contribution in [0.3, 0.4) is 0 Å². The van der Waals surface area contributed by atoms with E-state index in [4.69, 9.17) is 0 Å². The van der Waals surface area contributed by atoms with E-state index in [1.54, 1.807) is 11.3 Å². The highest BCUT2D eigenvalue weighted by Gasteiger charge is 2.21. The molecule has 1 heterocycles. The maximum Gasteiger partial charge on any atom is 0.000227 e. The second-order valence-corrected chi connectivity index (χ2v) is 5.50. The molecule has 0 spiro atoms. The summed E-state index contributed by atoms with van der Waals surface area (Å²) in [5.41, 5.74) is 1.96. The zero-order chi connectivity index (χ0) is 11.1. The maximum absolute atomic E-state index is 3.33. The topological polar surface area (TPSA) is 12.0 Å². The molecule has 1 rings (SSSR count). The van der Waals surface area contributed by atoms with Gasteiger partial charge in [0.15, 0.2) is 0 Å². The van der Waals surface area contributed by atoms with Gasteiger partial charge in [-0.1, -0.05) is 20.3 Å². The molecule has 0 saturated carbocycles. The molecule has 0 amide bonds. The number of nitrogens with one attached hydrogen (secondary N) is 1. The largest absolute Gasteiger partial charge is 0.319 e. The molecule has 0 bridgehead atoms. The van der Waals surface area contributed by atoms with Crippen LogP contribution in [-0.4, -0.2) is 13.6 Å². The van der Waals surface area contributed by atoms with Crippen molar-refractivity contribution < 1.29 is 0 Å². The lowest BCUT2D eigenvalue weighted by Crippen LogP contribution is -2.30. The highest BCUT2D eigenvalue weighted by molar-refractivity contribution is 7.07. The summed E-state index contributed by atoms with van der Waals surface area (Å²) in [6.45, 7) is 5.81. The molecule has 86 valence electrons. The molecule has 0 aromatic carbocycles. The van der Waals surface area contributed by atoms with Crippen molar-refractivity contribution in [1.82, 2.24) is 5.32 Å². The van der Waals surface area contributed by atoms with Crippen molar-refractivity contribution in [3.63, 3.8) is 0 Å². The van der Waals surface area contributed by atoms with Gasteiger partial charge in [0.2, 0.25) is 0 Å². The van der Waals surface area contributed by atoms with Gasteiger partial charge in [0.1, 0.15) is 0 Å². The molecule has 0 saturated heterocycles. The van der Waals surface area contributed by atoms with Gasteiger partial charge in [0.05, 0.1) is 0 Å². The van der Waals surface area contributed by atoms with Crippen LogP contribution in [0.4, 0.5) is 0 Å². The van der Waals surface area contributed by atoms with E-state index in [0.29, 0.717) is 5.41 Å². The summed E-state index contributed by atoms with van der Waals surface area (Å²) in [5, 5.41) is 7.77. The van der Waals surface area contributed by atoms with E-state index in [1.807, 2.05) is 0 Å². The van der Waals surface area contributed by atoms with Gasteiger partial charge in [-0.2, -0.15) is 11.3 Å². The van der Waals surface area contributed by atoms with E-state index in [2.05, 4.69) is 43.0 Å². The quantitative estimate of drug-likeness (QED) is 0.746. The van der Waals surface area contributed by atoms with E-state index >= 15 is 0 Å². The lowest BCUT2D eigenvalue weighted by atomic mass is 9.80. The summed E-state index contributed by atoms with van der Waals surface area (Å²) < 4.78 is 0. The van der Waals surface area contributed by atoms with Crippen LogP contribution in [-0.2, 0) is 6.42 Å². The molecule has 1 atom stereocenters. The minimum atomic E-state index is 0.464. The second-order valence-electron chi connectivity index (χ2n) is 4.72. The zero-order valence-electron chi connectivity index (χ0n) is 10.2. The normalized spacial score (nSPS) is 15.1. The minimum Gasteiger partial charge on any atom is -0.319 e. The first kappa shape index (κ1) is 12.7. The fourth-order valence-corrected chi connectivity index (χ4v) is 2.92. The Balaban J connectivity index is 2.43. The van der Waals surface area contributed by atoms with Crippen molar-refractivity contribution in [2.75, 3.05) is 13.6 Å². The first-order valence-corrected chi connectivity index (χ1v) is 6.80. The Bertz CT molecular complexity index is 248. The van der Waals surface area contributed by atoms with Crippen LogP contribution in [0.5, 0.6) is 0 Å². The highest BCUT2D eigenvalue weighted by atomic mass is 32.1. The van der Waals surface area contributed by atoms with Crippen molar-refractivity contribution in [2.24, 2.45) is 5.41 Å². The van der Waals surface area contributed by atoms with E-state index in [0.717, 1.165) is 6.54 Å². The lowest BCUT2D eigenvalue weighted by Gasteiger charge is -2.29. The number of aryl methyl sites for hydroxylation is 1. The van der Waals surface area contributed by atoms with E-state index < -0.39 is 0 Å². The third-order valence-corrected chi connectivity index (χ3v) is 3.79. The average molecular weight is 225 g/mol. The standard InChI is InChI=1S/C13H23NS/c1-4-7-13(2,11-14-3)8-5-12-6-9-15-10-12/h6,9-10,14H,4-5,7-8,11H2,1-3H3. The van der Waals surface area contributed by atoms with Gasteiger partial charge in [-0.25, -0.2) is 0 Å². The molecule has 0 fully saturated rings. The van der Waals surface area contributed by atoms with Crippen LogP contribution in [0.25, 0.3) is 0 Å². The van der Waals surface area contributed by atoms with Crippen LogP contribution < -0.4 is 5.32 Å². The fraction of sp³-hybridized carbons (Fsp3) is 0.692. The molecule has 0 aliphatic heterocycles. The van der Waals surface area contributed by atoms with Gasteiger partial charge in [-0.05, 0) is 54.1 Å². The Morgan fingerprint density at radius 1 is 1.40 bits per heavy atom. The summed E-state index contributed by atoms with van der Waals surface area (Å²) in [6, 6.07) is 2.25. The van der Waals surface area contributed by atoms with Crippen molar-refractivity contribution in [3.05, 3.63) is 22.4 Å². The Hall–Kier alpha value is -0.340. The Morgan fingerprint density at radius 2 is 2.20 bits per heavy atom. The van der Waals surface area contributed by atoms with E-state index in [9.17, 15) is 0 Å². The van der Waals surface area contributed by atoms with Crippen molar-refractivity contribution in [1.29, 1.82) is 0 Å². The van der Waals surface area contributed by atoms with Gasteiger partial charge < -0.3 is 5.32 Å². The smallest absolute Gasteiger partial charge is 0.000227 e. The second kappa shape index (κ2) is 6.29. The van der Waals surface area contributed by atoms with Gasteiger partial charge in [-0.15, -0.1) is 0 Å². The molecular formula is C13H23NS. The third kappa shape index (κ3) is 4.35. The van der Waals surface area contributed by atoms with Gasteiger partial charge in [-0.3, -0.25) is 0 Å². The number of hydrogen-bond donors (Lipinski definition) is 1. The Labute approximate surface area is 97.9 Å². The summed E-state index contributed by atoms with van der Waals surface area (Å²) in [6.07, 6.45) is 5.11. The monoisotopic (exact) mass is 225 g/mol. The summed E-state index contributed by atoms with van der Waals surface area (Å²) in [5.74, 6) is 0. The number of hydrogen-bond acceptors (Lipinski definition) is 2. The van der Waals surface area contributed by atoms with Crippen LogP contribution in [0.2, 0.25) is 0 Å². The van der Waals surface area contributed by atoms with Crippen LogP contribution >= 0.6 is 11.3 Å². The van der Waals surface area contributed by atoms with Crippen molar-refractivity contribution >= 4 is 11.3 Å². The molecule has 0 aliphatic carbocycles. The van der Waals surface area contributed by atoms with Crippen molar-refractivity contribution in [3.8, 4) is 0 Å². The Kier molecular flexibility index (Phi) is 5.34. The average Bonchev–Trinajstić information content (AvgIpc) is 2.68. The number of rotatable bonds is 7. The minimum absolute atomic E-state index is 0.464. The predicted octanol–water partition coefficient (Wildman–Crippen LogP) is 3.71. The SMILES string of the molecule is CCCC(C)(CCc1ccsc1)CNC. The third-order valence-electron chi connectivity index (χ3n) is 3.05.